The number of aromatic nitrogens is 4. The molecule has 5 aromatic rings. The Hall–Kier alpha value is -3.34. The van der Waals surface area contributed by atoms with Gasteiger partial charge in [-0.3, -0.25) is 5.14 Å². The number of benzene rings is 2. The molecule has 0 aliphatic rings. The Morgan fingerprint density at radius 2 is 1.92 bits per heavy atom. The van der Waals surface area contributed by atoms with Crippen molar-refractivity contribution < 1.29 is 0 Å². The number of hydrogen-bond acceptors (Lipinski definition) is 7. The van der Waals surface area contributed by atoms with Gasteiger partial charge in [-0.15, -0.1) is 0 Å². The molecule has 0 aliphatic carbocycles. The maximum absolute atomic E-state index is 6.34. The van der Waals surface area contributed by atoms with Crippen LogP contribution in [0.4, 0.5) is 17.1 Å². The Kier molecular flexibility index (Phi) is 6.98. The summed E-state index contributed by atoms with van der Waals surface area (Å²) in [5.74, 6) is 0.748. The fraction of sp³-hybridized carbons (Fsp3) is 0.185. The normalized spacial score (nSPS) is 11.3. The summed E-state index contributed by atoms with van der Waals surface area (Å²) in [6.07, 6.45) is 3.71. The third-order valence-electron chi connectivity index (χ3n) is 6.53. The largest absolute Gasteiger partial charge is 0.354 e. The van der Waals surface area contributed by atoms with Crippen LogP contribution in [0.3, 0.4) is 0 Å². The molecule has 0 amide bonds. The van der Waals surface area contributed by atoms with Crippen molar-refractivity contribution in [3.05, 3.63) is 71.7 Å². The monoisotopic (exact) mass is 525 g/mol. The maximum Gasteiger partial charge on any atom is 0.180 e. The van der Waals surface area contributed by atoms with E-state index >= 15 is 0 Å². The van der Waals surface area contributed by atoms with Gasteiger partial charge in [-0.05, 0) is 80.7 Å². The van der Waals surface area contributed by atoms with Gasteiger partial charge in [-0.1, -0.05) is 23.5 Å². The molecule has 0 saturated carbocycles. The van der Waals surface area contributed by atoms with E-state index in [0.29, 0.717) is 11.1 Å². The first kappa shape index (κ1) is 25.3. The van der Waals surface area contributed by atoms with E-state index < -0.39 is 0 Å². The van der Waals surface area contributed by atoms with Crippen LogP contribution in [0.2, 0.25) is 0 Å². The van der Waals surface area contributed by atoms with Crippen molar-refractivity contribution in [3.8, 4) is 17.1 Å². The van der Waals surface area contributed by atoms with Crippen LogP contribution >= 0.6 is 23.9 Å². The number of imidazole rings is 1. The van der Waals surface area contributed by atoms with Crippen molar-refractivity contribution in [2.75, 3.05) is 22.9 Å². The number of nitrogens with one attached hydrogen (secondary N) is 2. The molecule has 0 spiro atoms. The quantitative estimate of drug-likeness (QED) is 0.190. The van der Waals surface area contributed by atoms with Gasteiger partial charge in [-0.2, -0.15) is 0 Å². The minimum atomic E-state index is 0.532. The van der Waals surface area contributed by atoms with E-state index in [4.69, 9.17) is 18.0 Å². The molecule has 0 aliphatic heterocycles. The molecule has 10 heteroatoms. The van der Waals surface area contributed by atoms with Crippen LogP contribution in [0.5, 0.6) is 0 Å². The second-order valence-corrected chi connectivity index (χ2v) is 10.5. The highest BCUT2D eigenvalue weighted by Crippen LogP contribution is 2.33. The van der Waals surface area contributed by atoms with Gasteiger partial charge < -0.3 is 19.2 Å². The molecule has 2 radical (unpaired) electrons. The summed E-state index contributed by atoms with van der Waals surface area (Å²) in [5.41, 5.74) is 10.3. The summed E-state index contributed by atoms with van der Waals surface area (Å²) in [6.45, 7) is 6.38. The summed E-state index contributed by atoms with van der Waals surface area (Å²) in [4.78, 5) is 13.7. The number of rotatable bonds is 7. The molecule has 5 rings (SSSR count). The minimum absolute atomic E-state index is 0.532. The van der Waals surface area contributed by atoms with Crippen LogP contribution in [-0.4, -0.2) is 40.7 Å². The molecule has 3 heterocycles. The number of H-pyrrole nitrogens is 1. The molecule has 0 atom stereocenters. The molecule has 0 fully saturated rings. The van der Waals surface area contributed by atoms with Crippen molar-refractivity contribution in [3.63, 3.8) is 0 Å². The molecule has 37 heavy (non-hydrogen) atoms. The van der Waals surface area contributed by atoms with Gasteiger partial charge in [0.05, 0.1) is 5.69 Å². The van der Waals surface area contributed by atoms with Crippen molar-refractivity contribution in [1.82, 2.24) is 19.5 Å². The predicted octanol–water partition coefficient (Wildman–Crippen LogP) is 5.56. The first-order valence-corrected chi connectivity index (χ1v) is 13.8. The lowest BCUT2D eigenvalue weighted by molar-refractivity contribution is 0.954. The second kappa shape index (κ2) is 10.2. The summed E-state index contributed by atoms with van der Waals surface area (Å²) >= 11 is 2.89. The second-order valence-electron chi connectivity index (χ2n) is 8.91. The Labute approximate surface area is 226 Å². The van der Waals surface area contributed by atoms with E-state index in [1.54, 1.807) is 18.1 Å². The molecular formula is C27H28BN7S2. The van der Waals surface area contributed by atoms with Crippen LogP contribution in [0.15, 0.2) is 59.6 Å². The number of aryl methyl sites for hydroxylation is 2. The van der Waals surface area contributed by atoms with Crippen LogP contribution in [-0.2, 0) is 0 Å². The van der Waals surface area contributed by atoms with Crippen LogP contribution in [0.25, 0.3) is 28.2 Å². The van der Waals surface area contributed by atoms with Gasteiger partial charge >= 0.3 is 0 Å². The number of fused-ring (bicyclic) bond motifs is 1. The molecule has 3 aromatic heterocycles. The van der Waals surface area contributed by atoms with Crippen molar-refractivity contribution in [1.29, 1.82) is 0 Å². The summed E-state index contributed by atoms with van der Waals surface area (Å²) in [7, 11) is 8.41. The fourth-order valence-corrected chi connectivity index (χ4v) is 5.27. The highest BCUT2D eigenvalue weighted by Gasteiger charge is 2.19. The van der Waals surface area contributed by atoms with E-state index in [2.05, 4.69) is 82.5 Å². The highest BCUT2D eigenvalue weighted by molar-refractivity contribution is 7.99. The minimum Gasteiger partial charge on any atom is -0.354 e. The molecular weight excluding hydrogens is 497 g/mol. The number of pyridine rings is 1. The molecule has 0 unspecified atom stereocenters. The van der Waals surface area contributed by atoms with E-state index in [0.717, 1.165) is 50.3 Å². The zero-order valence-corrected chi connectivity index (χ0v) is 23.1. The standard InChI is InChI=1S/C27H28BN7S2/c1-15-11-19(34(4)36-5)9-10-23(15)35-16(2)12-21(17(35)3)26-32-25-24(22(28)14-30-27(25)33-26)31-18-7-6-8-20(13-18)37-29/h6-14H,29H2,1-5H3,(H2,30,31,32,33). The first-order valence-electron chi connectivity index (χ1n) is 11.8. The molecule has 2 aromatic carbocycles. The molecule has 0 saturated heterocycles. The third-order valence-corrected chi connectivity index (χ3v) is 7.82. The number of nitrogens with zero attached hydrogens (tertiary/aromatic N) is 4. The molecule has 4 N–H and O–H groups in total. The van der Waals surface area contributed by atoms with Gasteiger partial charge in [0.15, 0.2) is 5.65 Å². The van der Waals surface area contributed by atoms with Crippen LogP contribution in [0.1, 0.15) is 17.0 Å². The lowest BCUT2D eigenvalue weighted by atomic mass is 9.96. The van der Waals surface area contributed by atoms with Gasteiger partial charge in [0, 0.05) is 58.4 Å². The summed E-state index contributed by atoms with van der Waals surface area (Å²) in [5, 5.41) is 9.16. The SMILES string of the molecule is [B]c1cnc2nc(-c3cc(C)n(-c4ccc(N(C)SC)cc4C)c3C)[nH]c2c1Nc1cccc(SN)c1. The first-order chi connectivity index (χ1) is 17.8. The highest BCUT2D eigenvalue weighted by atomic mass is 32.2. The Balaban J connectivity index is 1.56. The number of nitrogens with two attached hydrogens (primary N) is 1. The van der Waals surface area contributed by atoms with Crippen LogP contribution in [0, 0.1) is 20.8 Å². The predicted molar refractivity (Wildman–Crippen MR) is 160 cm³/mol. The average Bonchev–Trinajstić information content (AvgIpc) is 3.46. The van der Waals surface area contributed by atoms with Gasteiger partial charge in [-0.25, -0.2) is 9.97 Å². The number of anilines is 3. The van der Waals surface area contributed by atoms with E-state index in [9.17, 15) is 0 Å². The Morgan fingerprint density at radius 3 is 2.65 bits per heavy atom. The number of hydrogen-bond donors (Lipinski definition) is 3. The van der Waals surface area contributed by atoms with E-state index in [1.807, 2.05) is 24.3 Å². The van der Waals surface area contributed by atoms with Crippen LogP contribution < -0.4 is 20.2 Å². The average molecular weight is 526 g/mol. The smallest absolute Gasteiger partial charge is 0.180 e. The zero-order valence-electron chi connectivity index (χ0n) is 21.5. The molecule has 0 bridgehead atoms. The Morgan fingerprint density at radius 1 is 1.11 bits per heavy atom. The molecule has 186 valence electrons. The van der Waals surface area contributed by atoms with E-state index in [-0.39, 0.29) is 0 Å². The lowest BCUT2D eigenvalue weighted by Crippen LogP contribution is -2.11. The van der Waals surface area contributed by atoms with Gasteiger partial charge in [0.2, 0.25) is 0 Å². The van der Waals surface area contributed by atoms with Crippen molar-refractivity contribution in [2.45, 2.75) is 25.7 Å². The number of aromatic amines is 1. The maximum atomic E-state index is 6.34. The zero-order chi connectivity index (χ0) is 26.3. The van der Waals surface area contributed by atoms with Gasteiger partial charge in [0.1, 0.15) is 19.2 Å². The fourth-order valence-electron chi connectivity index (χ4n) is 4.59. The third kappa shape index (κ3) is 4.72. The molecule has 7 nitrogen and oxygen atoms in total. The van der Waals surface area contributed by atoms with E-state index in [1.165, 1.54) is 23.2 Å². The summed E-state index contributed by atoms with van der Waals surface area (Å²) in [6, 6.07) is 16.6. The van der Waals surface area contributed by atoms with Crippen molar-refractivity contribution in [2.24, 2.45) is 5.14 Å². The topological polar surface area (TPSA) is 87.8 Å². The summed E-state index contributed by atoms with van der Waals surface area (Å²) < 4.78 is 4.43. The van der Waals surface area contributed by atoms with Crippen molar-refractivity contribution >= 4 is 65.4 Å². The van der Waals surface area contributed by atoms with Gasteiger partial charge in [0.25, 0.3) is 0 Å². The Bertz CT molecular complexity index is 1610. The lowest BCUT2D eigenvalue weighted by Gasteiger charge is -2.19.